The first kappa shape index (κ1) is 17.3. The molecule has 0 aromatic rings. The van der Waals surface area contributed by atoms with Crippen LogP contribution in [0.1, 0.15) is 25.7 Å². The molecule has 0 spiro atoms. The minimum Gasteiger partial charge on any atom is -0.463 e. The fourth-order valence-electron chi connectivity index (χ4n) is 0.971. The maximum absolute atomic E-state index is 11.1. The lowest BCUT2D eigenvalue weighted by atomic mass is 10.3. The highest BCUT2D eigenvalue weighted by atomic mass is 35.5. The number of carbonyl (C=O) groups is 2. The summed E-state index contributed by atoms with van der Waals surface area (Å²) in [6.45, 7) is 0.612. The van der Waals surface area contributed by atoms with Gasteiger partial charge in [0.15, 0.2) is 0 Å². The molecule has 0 rings (SSSR count). The maximum Gasteiger partial charge on any atom is 0.331 e. The molecule has 4 nitrogen and oxygen atoms in total. The van der Waals surface area contributed by atoms with Crippen molar-refractivity contribution in [3.63, 3.8) is 0 Å². The molecule has 0 aromatic heterocycles. The van der Waals surface area contributed by atoms with Crippen LogP contribution in [-0.4, -0.2) is 36.9 Å². The Morgan fingerprint density at radius 2 is 1.17 bits per heavy atom. The number of hydrogen-bond donors (Lipinski definition) is 0. The number of ether oxygens (including phenoxy) is 2. The zero-order valence-electron chi connectivity index (χ0n) is 10.2. The smallest absolute Gasteiger partial charge is 0.331 e. The minimum atomic E-state index is -0.553. The number of esters is 2. The lowest BCUT2D eigenvalue weighted by Crippen LogP contribution is -2.06. The first-order chi connectivity index (χ1) is 8.70. The molecule has 6 heteroatoms. The molecule has 0 aliphatic rings. The van der Waals surface area contributed by atoms with E-state index in [0.717, 1.165) is 25.0 Å². The summed E-state index contributed by atoms with van der Waals surface area (Å²) in [6, 6.07) is 0. The summed E-state index contributed by atoms with van der Waals surface area (Å²) >= 11 is 10.9. The van der Waals surface area contributed by atoms with E-state index in [-0.39, 0.29) is 0 Å². The normalized spacial score (nSPS) is 10.6. The third-order valence-electron chi connectivity index (χ3n) is 1.90. The van der Waals surface area contributed by atoms with Crippen molar-refractivity contribution in [2.24, 2.45) is 0 Å². The van der Waals surface area contributed by atoms with E-state index in [1.165, 1.54) is 0 Å². The predicted octanol–water partition coefficient (Wildman–Crippen LogP) is 2.67. The summed E-state index contributed by atoms with van der Waals surface area (Å²) < 4.78 is 9.66. The number of halogens is 2. The van der Waals surface area contributed by atoms with Crippen LogP contribution in [0.2, 0.25) is 0 Å². The number of alkyl halides is 2. The minimum absolute atomic E-state index is 0.306. The van der Waals surface area contributed by atoms with Crippen molar-refractivity contribution in [1.29, 1.82) is 0 Å². The standard InChI is InChI=1S/C12H18Cl2O4/c13-7-1-3-9-17-11(15)5-6-12(16)18-10-4-2-8-14/h5-6H,1-4,7-10H2/b6-5-. The topological polar surface area (TPSA) is 52.6 Å². The van der Waals surface area contributed by atoms with Gasteiger partial charge in [-0.05, 0) is 25.7 Å². The summed E-state index contributed by atoms with van der Waals surface area (Å²) in [4.78, 5) is 22.2. The molecule has 0 aliphatic heterocycles. The number of unbranched alkanes of at least 4 members (excludes halogenated alkanes) is 2. The average Bonchev–Trinajstić information content (AvgIpc) is 2.37. The Morgan fingerprint density at radius 3 is 1.50 bits per heavy atom. The van der Waals surface area contributed by atoms with Crippen LogP contribution in [0.3, 0.4) is 0 Å². The molecular weight excluding hydrogens is 279 g/mol. The number of carbonyl (C=O) groups excluding carboxylic acids is 2. The Morgan fingerprint density at radius 1 is 0.778 bits per heavy atom. The van der Waals surface area contributed by atoms with Crippen LogP contribution in [0.4, 0.5) is 0 Å². The van der Waals surface area contributed by atoms with Crippen LogP contribution < -0.4 is 0 Å². The van der Waals surface area contributed by atoms with Crippen molar-refractivity contribution < 1.29 is 19.1 Å². The van der Waals surface area contributed by atoms with Crippen molar-refractivity contribution in [3.05, 3.63) is 12.2 Å². The van der Waals surface area contributed by atoms with E-state index in [4.69, 9.17) is 32.7 Å². The lowest BCUT2D eigenvalue weighted by Gasteiger charge is -2.01. The summed E-state index contributed by atoms with van der Waals surface area (Å²) in [5.74, 6) is -0.0196. The molecule has 0 fully saturated rings. The summed E-state index contributed by atoms with van der Waals surface area (Å²) in [7, 11) is 0. The van der Waals surface area contributed by atoms with Crippen molar-refractivity contribution in [3.8, 4) is 0 Å². The van der Waals surface area contributed by atoms with Gasteiger partial charge in [-0.2, -0.15) is 0 Å². The van der Waals surface area contributed by atoms with Crippen molar-refractivity contribution >= 4 is 35.1 Å². The van der Waals surface area contributed by atoms with Gasteiger partial charge in [-0.15, -0.1) is 23.2 Å². The highest BCUT2D eigenvalue weighted by Gasteiger charge is 2.00. The zero-order valence-corrected chi connectivity index (χ0v) is 11.7. The van der Waals surface area contributed by atoms with Gasteiger partial charge >= 0.3 is 11.9 Å². The third kappa shape index (κ3) is 11.7. The fourth-order valence-corrected chi connectivity index (χ4v) is 1.35. The van der Waals surface area contributed by atoms with E-state index in [0.29, 0.717) is 37.8 Å². The molecule has 0 saturated heterocycles. The zero-order chi connectivity index (χ0) is 13.6. The summed E-state index contributed by atoms with van der Waals surface area (Å²) in [5, 5.41) is 0. The second-order valence-electron chi connectivity index (χ2n) is 3.46. The Balaban J connectivity index is 3.58. The van der Waals surface area contributed by atoms with Crippen molar-refractivity contribution in [2.45, 2.75) is 25.7 Å². The molecule has 0 unspecified atom stereocenters. The second kappa shape index (κ2) is 12.7. The molecule has 0 radical (unpaired) electrons. The van der Waals surface area contributed by atoms with Gasteiger partial charge in [0, 0.05) is 23.9 Å². The van der Waals surface area contributed by atoms with Gasteiger partial charge in [-0.3, -0.25) is 0 Å². The number of rotatable bonds is 10. The SMILES string of the molecule is O=C(/C=C\C(=O)OCCCCCl)OCCCCCl. The molecule has 0 saturated carbocycles. The molecule has 0 N–H and O–H groups in total. The molecule has 0 bridgehead atoms. The molecule has 0 heterocycles. The monoisotopic (exact) mass is 296 g/mol. The largest absolute Gasteiger partial charge is 0.463 e. The van der Waals surface area contributed by atoms with E-state index >= 15 is 0 Å². The van der Waals surface area contributed by atoms with E-state index in [1.54, 1.807) is 0 Å². The average molecular weight is 297 g/mol. The first-order valence-electron chi connectivity index (χ1n) is 5.84. The second-order valence-corrected chi connectivity index (χ2v) is 4.22. The summed E-state index contributed by atoms with van der Waals surface area (Å²) in [6.07, 6.45) is 5.13. The molecule has 0 amide bonds. The van der Waals surface area contributed by atoms with Crippen LogP contribution in [0.15, 0.2) is 12.2 Å². The van der Waals surface area contributed by atoms with Crippen molar-refractivity contribution in [2.75, 3.05) is 25.0 Å². The van der Waals surface area contributed by atoms with Crippen LogP contribution in [0.5, 0.6) is 0 Å². The van der Waals surface area contributed by atoms with Crippen molar-refractivity contribution in [1.82, 2.24) is 0 Å². The van der Waals surface area contributed by atoms with Gasteiger partial charge in [-0.25, -0.2) is 9.59 Å². The first-order valence-corrected chi connectivity index (χ1v) is 6.91. The number of hydrogen-bond acceptors (Lipinski definition) is 4. The van der Waals surface area contributed by atoms with Gasteiger partial charge in [0.1, 0.15) is 0 Å². The van der Waals surface area contributed by atoms with E-state index in [9.17, 15) is 9.59 Å². The third-order valence-corrected chi connectivity index (χ3v) is 2.43. The lowest BCUT2D eigenvalue weighted by molar-refractivity contribution is -0.140. The van der Waals surface area contributed by atoms with Gasteiger partial charge in [-0.1, -0.05) is 0 Å². The van der Waals surface area contributed by atoms with Crippen LogP contribution >= 0.6 is 23.2 Å². The molecule has 0 aromatic carbocycles. The molecule has 104 valence electrons. The Labute approximate surface area is 117 Å². The van der Waals surface area contributed by atoms with Crippen LogP contribution in [0.25, 0.3) is 0 Å². The van der Waals surface area contributed by atoms with E-state index < -0.39 is 11.9 Å². The molecule has 0 atom stereocenters. The highest BCUT2D eigenvalue weighted by molar-refractivity contribution is 6.18. The van der Waals surface area contributed by atoms with Crippen LogP contribution in [-0.2, 0) is 19.1 Å². The molecular formula is C12H18Cl2O4. The Hall–Kier alpha value is -0.740. The Kier molecular flexibility index (Phi) is 12.2. The van der Waals surface area contributed by atoms with Gasteiger partial charge in [0.25, 0.3) is 0 Å². The van der Waals surface area contributed by atoms with Gasteiger partial charge in [0.05, 0.1) is 13.2 Å². The maximum atomic E-state index is 11.1. The molecule has 18 heavy (non-hydrogen) atoms. The van der Waals surface area contributed by atoms with Gasteiger partial charge < -0.3 is 9.47 Å². The van der Waals surface area contributed by atoms with Gasteiger partial charge in [0.2, 0.25) is 0 Å². The van der Waals surface area contributed by atoms with E-state index in [1.807, 2.05) is 0 Å². The van der Waals surface area contributed by atoms with Crippen LogP contribution in [0, 0.1) is 0 Å². The molecule has 0 aliphatic carbocycles. The predicted molar refractivity (Wildman–Crippen MR) is 71.0 cm³/mol. The highest BCUT2D eigenvalue weighted by Crippen LogP contribution is 1.95. The quantitative estimate of drug-likeness (QED) is 0.269. The Bertz CT molecular complexity index is 241. The summed E-state index contributed by atoms with van der Waals surface area (Å²) in [5.41, 5.74) is 0. The van der Waals surface area contributed by atoms with E-state index in [2.05, 4.69) is 0 Å². The fraction of sp³-hybridized carbons (Fsp3) is 0.667.